The molecular weight excluding hydrogens is 233 g/mol. The molecule has 1 N–H and O–H groups in total. The van der Waals surface area contributed by atoms with Crippen LogP contribution in [0.2, 0.25) is 0 Å². The normalized spacial score (nSPS) is 23.8. The van der Waals surface area contributed by atoms with Gasteiger partial charge in [0.2, 0.25) is 5.91 Å². The summed E-state index contributed by atoms with van der Waals surface area (Å²) in [6.45, 7) is 0. The molecule has 0 aliphatic carbocycles. The van der Waals surface area contributed by atoms with E-state index in [1.165, 1.54) is 24.3 Å². The third-order valence-electron chi connectivity index (χ3n) is 2.38. The number of carbonyl (C=O) groups is 1. The first kappa shape index (κ1) is 11.1. The molecule has 1 fully saturated rings. The quantitative estimate of drug-likeness (QED) is 0.777. The highest BCUT2D eigenvalue weighted by atomic mass is 32.2. The second-order valence-corrected chi connectivity index (χ2v) is 5.84. The van der Waals surface area contributed by atoms with Crippen LogP contribution in [0.1, 0.15) is 11.6 Å². The van der Waals surface area contributed by atoms with Gasteiger partial charge in [0, 0.05) is 0 Å². The molecule has 0 aromatic heterocycles. The van der Waals surface area contributed by atoms with Crippen molar-refractivity contribution in [2.75, 3.05) is 11.5 Å². The zero-order valence-corrected chi connectivity index (χ0v) is 9.13. The predicted molar refractivity (Wildman–Crippen MR) is 55.9 cm³/mol. The van der Waals surface area contributed by atoms with Crippen molar-refractivity contribution in [1.29, 1.82) is 0 Å². The number of hydrogen-bond donors (Lipinski definition) is 1. The number of carbonyl (C=O) groups excluding carboxylic acids is 1. The number of halogens is 1. The summed E-state index contributed by atoms with van der Waals surface area (Å²) in [5.74, 6) is -1.51. The lowest BCUT2D eigenvalue weighted by molar-refractivity contribution is -0.119. The molecule has 1 aromatic rings. The van der Waals surface area contributed by atoms with Gasteiger partial charge in [-0.25, -0.2) is 12.8 Å². The summed E-state index contributed by atoms with van der Waals surface area (Å²) in [5.41, 5.74) is 0.595. The fourth-order valence-corrected chi connectivity index (χ4v) is 3.05. The number of rotatable bonds is 1. The lowest BCUT2D eigenvalue weighted by Gasteiger charge is -2.23. The molecule has 1 aromatic carbocycles. The number of nitrogens with one attached hydrogen (secondary N) is 1. The van der Waals surface area contributed by atoms with E-state index in [0.717, 1.165) is 0 Å². The molecule has 2 rings (SSSR count). The highest BCUT2D eigenvalue weighted by Gasteiger charge is 2.30. The molecule has 4 nitrogen and oxygen atoms in total. The summed E-state index contributed by atoms with van der Waals surface area (Å²) in [6.07, 6.45) is 0. The summed E-state index contributed by atoms with van der Waals surface area (Å²) in [7, 11) is -3.35. The van der Waals surface area contributed by atoms with Crippen LogP contribution in [0.5, 0.6) is 0 Å². The van der Waals surface area contributed by atoms with Gasteiger partial charge in [0.15, 0.2) is 9.84 Å². The van der Waals surface area contributed by atoms with Crippen LogP contribution in [0.3, 0.4) is 0 Å². The molecule has 6 heteroatoms. The number of hydrogen-bond acceptors (Lipinski definition) is 3. The first-order valence-corrected chi connectivity index (χ1v) is 6.54. The Morgan fingerprint density at radius 2 is 1.88 bits per heavy atom. The maximum Gasteiger partial charge on any atom is 0.235 e. The second kappa shape index (κ2) is 3.86. The maximum atomic E-state index is 12.7. The first-order valence-electron chi connectivity index (χ1n) is 4.71. The van der Waals surface area contributed by atoms with Crippen molar-refractivity contribution >= 4 is 15.7 Å². The number of sulfone groups is 1. The minimum absolute atomic E-state index is 0.135. The Bertz CT molecular complexity index is 509. The van der Waals surface area contributed by atoms with Gasteiger partial charge in [0.05, 0.1) is 11.8 Å². The van der Waals surface area contributed by atoms with Crippen molar-refractivity contribution < 1.29 is 17.6 Å². The summed E-state index contributed by atoms with van der Waals surface area (Å²) >= 11 is 0. The summed E-state index contributed by atoms with van der Waals surface area (Å²) < 4.78 is 35.4. The Morgan fingerprint density at radius 3 is 2.44 bits per heavy atom. The Balaban J connectivity index is 2.28. The van der Waals surface area contributed by atoms with Crippen LogP contribution in [0.15, 0.2) is 24.3 Å². The molecule has 86 valence electrons. The van der Waals surface area contributed by atoms with Crippen LogP contribution in [-0.4, -0.2) is 25.8 Å². The van der Waals surface area contributed by atoms with Crippen molar-refractivity contribution in [3.63, 3.8) is 0 Å². The second-order valence-electron chi connectivity index (χ2n) is 3.73. The highest BCUT2D eigenvalue weighted by Crippen LogP contribution is 2.19. The Hall–Kier alpha value is -1.43. The van der Waals surface area contributed by atoms with E-state index in [9.17, 15) is 17.6 Å². The number of amides is 1. The van der Waals surface area contributed by atoms with Gasteiger partial charge in [-0.1, -0.05) is 12.1 Å². The van der Waals surface area contributed by atoms with Crippen LogP contribution in [0, 0.1) is 5.82 Å². The first-order chi connectivity index (χ1) is 7.46. The van der Waals surface area contributed by atoms with E-state index < -0.39 is 33.4 Å². The van der Waals surface area contributed by atoms with Gasteiger partial charge in [-0.3, -0.25) is 4.79 Å². The third kappa shape index (κ3) is 2.38. The minimum Gasteiger partial charge on any atom is -0.347 e. The topological polar surface area (TPSA) is 63.2 Å². The molecular formula is C10H10FNO3S. The molecule has 1 aliphatic rings. The monoisotopic (exact) mass is 243 g/mol. The molecule has 1 unspecified atom stereocenters. The third-order valence-corrected chi connectivity index (χ3v) is 3.92. The molecule has 1 aliphatic heterocycles. The van der Waals surface area contributed by atoms with E-state index in [-0.39, 0.29) is 5.75 Å². The molecule has 0 bridgehead atoms. The Labute approximate surface area is 92.4 Å². The van der Waals surface area contributed by atoms with Crippen LogP contribution in [0.25, 0.3) is 0 Å². The summed E-state index contributed by atoms with van der Waals surface area (Å²) in [5, 5.41) is 2.57. The smallest absolute Gasteiger partial charge is 0.235 e. The number of benzene rings is 1. The van der Waals surface area contributed by atoms with Crippen molar-refractivity contribution in [3.05, 3.63) is 35.6 Å². The van der Waals surface area contributed by atoms with Gasteiger partial charge in [0.1, 0.15) is 11.6 Å². The van der Waals surface area contributed by atoms with E-state index in [4.69, 9.17) is 0 Å². The molecule has 1 amide bonds. The minimum atomic E-state index is -3.35. The molecule has 1 saturated heterocycles. The molecule has 1 atom stereocenters. The van der Waals surface area contributed by atoms with Crippen molar-refractivity contribution in [2.45, 2.75) is 6.04 Å². The van der Waals surface area contributed by atoms with E-state index in [0.29, 0.717) is 5.56 Å². The van der Waals surface area contributed by atoms with Gasteiger partial charge < -0.3 is 5.32 Å². The predicted octanol–water partition coefficient (Wildman–Crippen LogP) is 0.411. The van der Waals surface area contributed by atoms with Crippen LogP contribution < -0.4 is 5.32 Å². The van der Waals surface area contributed by atoms with Crippen molar-refractivity contribution in [2.24, 2.45) is 0 Å². The zero-order valence-electron chi connectivity index (χ0n) is 8.31. The van der Waals surface area contributed by atoms with E-state index in [1.807, 2.05) is 0 Å². The van der Waals surface area contributed by atoms with Gasteiger partial charge in [-0.2, -0.15) is 0 Å². The highest BCUT2D eigenvalue weighted by molar-refractivity contribution is 7.92. The SMILES string of the molecule is O=C1CS(=O)(=O)CC(c2ccc(F)cc2)N1. The van der Waals surface area contributed by atoms with Crippen molar-refractivity contribution in [3.8, 4) is 0 Å². The van der Waals surface area contributed by atoms with Gasteiger partial charge in [-0.05, 0) is 17.7 Å². The standard InChI is InChI=1S/C10H10FNO3S/c11-8-3-1-7(2-4-8)9-5-16(14,15)6-10(13)12-9/h1-4,9H,5-6H2,(H,12,13). The fraction of sp³-hybridized carbons (Fsp3) is 0.300. The zero-order chi connectivity index (χ0) is 11.8. The lowest BCUT2D eigenvalue weighted by atomic mass is 10.1. The molecule has 1 heterocycles. The Kier molecular flexibility index (Phi) is 2.67. The molecule has 0 radical (unpaired) electrons. The average molecular weight is 243 g/mol. The molecule has 0 spiro atoms. The van der Waals surface area contributed by atoms with Gasteiger partial charge >= 0.3 is 0 Å². The van der Waals surface area contributed by atoms with Crippen molar-refractivity contribution in [1.82, 2.24) is 5.32 Å². The fourth-order valence-electron chi connectivity index (χ4n) is 1.66. The largest absolute Gasteiger partial charge is 0.347 e. The molecule has 16 heavy (non-hydrogen) atoms. The summed E-state index contributed by atoms with van der Waals surface area (Å²) in [4.78, 5) is 11.2. The molecule has 0 saturated carbocycles. The van der Waals surface area contributed by atoms with Crippen LogP contribution in [0.4, 0.5) is 4.39 Å². The van der Waals surface area contributed by atoms with Crippen LogP contribution in [-0.2, 0) is 14.6 Å². The van der Waals surface area contributed by atoms with Crippen LogP contribution >= 0.6 is 0 Å². The Morgan fingerprint density at radius 1 is 1.25 bits per heavy atom. The maximum absolute atomic E-state index is 12.7. The van der Waals surface area contributed by atoms with E-state index in [2.05, 4.69) is 5.32 Å². The van der Waals surface area contributed by atoms with E-state index in [1.54, 1.807) is 0 Å². The summed E-state index contributed by atoms with van der Waals surface area (Å²) in [6, 6.07) is 4.85. The lowest BCUT2D eigenvalue weighted by Crippen LogP contribution is -2.43. The van der Waals surface area contributed by atoms with E-state index >= 15 is 0 Å². The van der Waals surface area contributed by atoms with Gasteiger partial charge in [0.25, 0.3) is 0 Å². The average Bonchev–Trinajstić information content (AvgIpc) is 2.15. The van der Waals surface area contributed by atoms with Gasteiger partial charge in [-0.15, -0.1) is 0 Å².